The standard InChI is InChI=1S/C14H22N2O3/c1-5-16(6-2)13(14(15)17)11-8-7-10(18-3)9-12(11)19-4/h7-9,13H,5-6H2,1-4H3,(H2,15,17). The minimum Gasteiger partial charge on any atom is -0.497 e. The Morgan fingerprint density at radius 3 is 2.32 bits per heavy atom. The van der Waals surface area contributed by atoms with Crippen LogP contribution in [0.1, 0.15) is 25.5 Å². The molecule has 0 saturated carbocycles. The molecule has 0 aliphatic heterocycles. The molecule has 1 amide bonds. The molecule has 1 aromatic rings. The average Bonchev–Trinajstić information content (AvgIpc) is 2.43. The second kappa shape index (κ2) is 6.99. The van der Waals surface area contributed by atoms with Gasteiger partial charge in [0.25, 0.3) is 0 Å². The zero-order valence-electron chi connectivity index (χ0n) is 12.0. The Morgan fingerprint density at radius 2 is 1.89 bits per heavy atom. The van der Waals surface area contributed by atoms with Crippen LogP contribution in [0.5, 0.6) is 11.5 Å². The molecule has 2 N–H and O–H groups in total. The first-order valence-electron chi connectivity index (χ1n) is 6.34. The summed E-state index contributed by atoms with van der Waals surface area (Å²) < 4.78 is 10.5. The topological polar surface area (TPSA) is 64.8 Å². The van der Waals surface area contributed by atoms with Gasteiger partial charge in [-0.25, -0.2) is 0 Å². The number of primary amides is 1. The normalized spacial score (nSPS) is 12.3. The summed E-state index contributed by atoms with van der Waals surface area (Å²) in [6.07, 6.45) is 0. The molecular formula is C14H22N2O3. The quantitative estimate of drug-likeness (QED) is 0.813. The molecule has 5 nitrogen and oxygen atoms in total. The van der Waals surface area contributed by atoms with Gasteiger partial charge in [-0.05, 0) is 25.2 Å². The molecule has 0 fully saturated rings. The van der Waals surface area contributed by atoms with Crippen LogP contribution in [0.3, 0.4) is 0 Å². The summed E-state index contributed by atoms with van der Waals surface area (Å²) in [5, 5.41) is 0. The van der Waals surface area contributed by atoms with Crippen molar-refractivity contribution in [3.8, 4) is 11.5 Å². The van der Waals surface area contributed by atoms with Gasteiger partial charge in [-0.1, -0.05) is 13.8 Å². The lowest BCUT2D eigenvalue weighted by molar-refractivity contribution is -0.123. The molecular weight excluding hydrogens is 244 g/mol. The van der Waals surface area contributed by atoms with E-state index in [9.17, 15) is 4.79 Å². The first kappa shape index (κ1) is 15.3. The number of hydrogen-bond acceptors (Lipinski definition) is 4. The van der Waals surface area contributed by atoms with Crippen LogP contribution < -0.4 is 15.2 Å². The molecule has 0 saturated heterocycles. The lowest BCUT2D eigenvalue weighted by Gasteiger charge is -2.28. The van der Waals surface area contributed by atoms with Gasteiger partial charge in [-0.15, -0.1) is 0 Å². The Kier molecular flexibility index (Phi) is 5.63. The first-order chi connectivity index (χ1) is 9.08. The van der Waals surface area contributed by atoms with Crippen LogP contribution in [0, 0.1) is 0 Å². The molecule has 19 heavy (non-hydrogen) atoms. The van der Waals surface area contributed by atoms with Crippen molar-refractivity contribution in [2.45, 2.75) is 19.9 Å². The lowest BCUT2D eigenvalue weighted by Crippen LogP contribution is -2.37. The van der Waals surface area contributed by atoms with Crippen molar-refractivity contribution in [2.75, 3.05) is 27.3 Å². The fourth-order valence-electron chi connectivity index (χ4n) is 2.16. The summed E-state index contributed by atoms with van der Waals surface area (Å²) in [6, 6.07) is 4.90. The predicted octanol–water partition coefficient (Wildman–Crippen LogP) is 1.57. The summed E-state index contributed by atoms with van der Waals surface area (Å²) in [7, 11) is 3.16. The summed E-state index contributed by atoms with van der Waals surface area (Å²) in [4.78, 5) is 13.8. The van der Waals surface area contributed by atoms with Crippen molar-refractivity contribution in [2.24, 2.45) is 5.73 Å². The number of benzene rings is 1. The molecule has 0 heterocycles. The van der Waals surface area contributed by atoms with Crippen LogP contribution in [0.4, 0.5) is 0 Å². The Balaban J connectivity index is 3.26. The fraction of sp³-hybridized carbons (Fsp3) is 0.500. The van der Waals surface area contributed by atoms with Crippen LogP contribution >= 0.6 is 0 Å². The Hall–Kier alpha value is -1.75. The number of ether oxygens (including phenoxy) is 2. The van der Waals surface area contributed by atoms with Crippen LogP contribution in [-0.4, -0.2) is 38.1 Å². The van der Waals surface area contributed by atoms with E-state index in [0.717, 1.165) is 18.7 Å². The zero-order chi connectivity index (χ0) is 14.4. The number of rotatable bonds is 7. The maximum atomic E-state index is 11.8. The van der Waals surface area contributed by atoms with Gasteiger partial charge in [0.15, 0.2) is 0 Å². The fourth-order valence-corrected chi connectivity index (χ4v) is 2.16. The smallest absolute Gasteiger partial charge is 0.239 e. The van der Waals surface area contributed by atoms with Crippen LogP contribution in [0.15, 0.2) is 18.2 Å². The number of amides is 1. The van der Waals surface area contributed by atoms with E-state index in [4.69, 9.17) is 15.2 Å². The van der Waals surface area contributed by atoms with Crippen molar-refractivity contribution in [1.82, 2.24) is 4.90 Å². The highest BCUT2D eigenvalue weighted by Gasteiger charge is 2.26. The Morgan fingerprint density at radius 1 is 1.26 bits per heavy atom. The monoisotopic (exact) mass is 266 g/mol. The minimum absolute atomic E-state index is 0.382. The average molecular weight is 266 g/mol. The number of hydrogen-bond donors (Lipinski definition) is 1. The third-order valence-corrected chi connectivity index (χ3v) is 3.18. The molecule has 1 unspecified atom stereocenters. The van der Waals surface area contributed by atoms with E-state index in [0.29, 0.717) is 11.5 Å². The maximum absolute atomic E-state index is 11.8. The molecule has 5 heteroatoms. The van der Waals surface area contributed by atoms with Gasteiger partial charge < -0.3 is 15.2 Å². The van der Waals surface area contributed by atoms with Crippen LogP contribution in [0.2, 0.25) is 0 Å². The van der Waals surface area contributed by atoms with Crippen LogP contribution in [-0.2, 0) is 4.79 Å². The van der Waals surface area contributed by atoms with Crippen molar-refractivity contribution < 1.29 is 14.3 Å². The number of methoxy groups -OCH3 is 2. The molecule has 106 valence electrons. The van der Waals surface area contributed by atoms with Gasteiger partial charge in [0.1, 0.15) is 17.5 Å². The number of carbonyl (C=O) groups is 1. The molecule has 0 aliphatic carbocycles. The zero-order valence-corrected chi connectivity index (χ0v) is 12.0. The molecule has 1 rings (SSSR count). The van der Waals surface area contributed by atoms with E-state index in [-0.39, 0.29) is 5.91 Å². The molecule has 1 atom stereocenters. The number of nitrogens with two attached hydrogens (primary N) is 1. The molecule has 0 aromatic heterocycles. The molecule has 0 spiro atoms. The first-order valence-corrected chi connectivity index (χ1v) is 6.34. The van der Waals surface area contributed by atoms with Gasteiger partial charge in [0.05, 0.1) is 14.2 Å². The van der Waals surface area contributed by atoms with E-state index in [1.54, 1.807) is 26.4 Å². The minimum atomic E-state index is -0.490. The highest BCUT2D eigenvalue weighted by atomic mass is 16.5. The van der Waals surface area contributed by atoms with E-state index in [1.165, 1.54) is 0 Å². The summed E-state index contributed by atoms with van der Waals surface area (Å²) >= 11 is 0. The van der Waals surface area contributed by atoms with E-state index in [2.05, 4.69) is 0 Å². The van der Waals surface area contributed by atoms with Gasteiger partial charge >= 0.3 is 0 Å². The maximum Gasteiger partial charge on any atom is 0.239 e. The number of nitrogens with zero attached hydrogens (tertiary/aromatic N) is 1. The van der Waals surface area contributed by atoms with Crippen LogP contribution in [0.25, 0.3) is 0 Å². The van der Waals surface area contributed by atoms with Gasteiger partial charge in [-0.3, -0.25) is 9.69 Å². The predicted molar refractivity (Wildman–Crippen MR) is 74.4 cm³/mol. The van der Waals surface area contributed by atoms with Crippen molar-refractivity contribution in [3.63, 3.8) is 0 Å². The number of carbonyl (C=O) groups excluding carboxylic acids is 1. The Bertz CT molecular complexity index is 431. The number of likely N-dealkylation sites (N-methyl/N-ethyl adjacent to an activating group) is 1. The highest BCUT2D eigenvalue weighted by molar-refractivity contribution is 5.82. The molecule has 0 bridgehead atoms. The van der Waals surface area contributed by atoms with E-state index < -0.39 is 6.04 Å². The molecule has 1 aromatic carbocycles. The SMILES string of the molecule is CCN(CC)C(C(N)=O)c1ccc(OC)cc1OC. The second-order valence-corrected chi connectivity index (χ2v) is 4.13. The van der Waals surface area contributed by atoms with Gasteiger partial charge in [-0.2, -0.15) is 0 Å². The lowest BCUT2D eigenvalue weighted by atomic mass is 10.0. The third-order valence-electron chi connectivity index (χ3n) is 3.18. The highest BCUT2D eigenvalue weighted by Crippen LogP contribution is 2.32. The van der Waals surface area contributed by atoms with Crippen molar-refractivity contribution in [3.05, 3.63) is 23.8 Å². The molecule has 0 radical (unpaired) electrons. The van der Waals surface area contributed by atoms with Crippen molar-refractivity contribution >= 4 is 5.91 Å². The largest absolute Gasteiger partial charge is 0.497 e. The summed E-state index contributed by atoms with van der Waals surface area (Å²) in [6.45, 7) is 5.46. The second-order valence-electron chi connectivity index (χ2n) is 4.13. The van der Waals surface area contributed by atoms with Gasteiger partial charge in [0, 0.05) is 11.6 Å². The molecule has 0 aliphatic rings. The summed E-state index contributed by atoms with van der Waals surface area (Å²) in [5.74, 6) is 0.908. The van der Waals surface area contributed by atoms with E-state index >= 15 is 0 Å². The van der Waals surface area contributed by atoms with E-state index in [1.807, 2.05) is 24.8 Å². The Labute approximate surface area is 114 Å². The van der Waals surface area contributed by atoms with Gasteiger partial charge in [0.2, 0.25) is 5.91 Å². The third kappa shape index (κ3) is 3.38. The summed E-state index contributed by atoms with van der Waals surface area (Å²) in [5.41, 5.74) is 6.31. The van der Waals surface area contributed by atoms with Crippen molar-refractivity contribution in [1.29, 1.82) is 0 Å².